The van der Waals surface area contributed by atoms with Gasteiger partial charge in [0.2, 0.25) is 0 Å². The van der Waals surface area contributed by atoms with E-state index in [0.29, 0.717) is 6.04 Å². The zero-order valence-electron chi connectivity index (χ0n) is 11.6. The molecule has 2 aliphatic heterocycles. The van der Waals surface area contributed by atoms with E-state index in [0.717, 1.165) is 19.1 Å². The largest absolute Gasteiger partial charge is 0.315 e. The monoisotopic (exact) mass is 259 g/mol. The number of hydrogen-bond acceptors (Lipinski definition) is 3. The second-order valence-electron chi connectivity index (χ2n) is 5.89. The summed E-state index contributed by atoms with van der Waals surface area (Å²) in [6.07, 6.45) is 3.89. The highest BCUT2D eigenvalue weighted by Gasteiger charge is 2.23. The van der Waals surface area contributed by atoms with Gasteiger partial charge in [-0.05, 0) is 44.5 Å². The Kier molecular flexibility index (Phi) is 4.49. The van der Waals surface area contributed by atoms with E-state index in [-0.39, 0.29) is 0 Å². The highest BCUT2D eigenvalue weighted by molar-refractivity contribution is 5.14. The molecule has 2 N–H and O–H groups in total. The molecule has 2 saturated heterocycles. The van der Waals surface area contributed by atoms with Gasteiger partial charge in [-0.2, -0.15) is 0 Å². The molecular weight excluding hydrogens is 234 g/mol. The van der Waals surface area contributed by atoms with Crippen LogP contribution in [0.5, 0.6) is 0 Å². The van der Waals surface area contributed by atoms with Crippen LogP contribution in [0.4, 0.5) is 0 Å². The maximum Gasteiger partial charge on any atom is 0.0233 e. The summed E-state index contributed by atoms with van der Waals surface area (Å²) in [5.41, 5.74) is 1.44. The Bertz CT molecular complexity index is 365. The number of nitrogens with one attached hydrogen (secondary N) is 2. The third-order valence-electron chi connectivity index (χ3n) is 4.37. The molecule has 0 bridgehead atoms. The second kappa shape index (κ2) is 6.51. The molecule has 0 aromatic heterocycles. The van der Waals surface area contributed by atoms with Gasteiger partial charge in [-0.25, -0.2) is 0 Å². The van der Waals surface area contributed by atoms with Gasteiger partial charge in [0.25, 0.3) is 0 Å². The van der Waals surface area contributed by atoms with E-state index in [1.54, 1.807) is 0 Å². The Morgan fingerprint density at radius 3 is 2.53 bits per heavy atom. The topological polar surface area (TPSA) is 27.3 Å². The second-order valence-corrected chi connectivity index (χ2v) is 5.89. The third-order valence-corrected chi connectivity index (χ3v) is 4.37. The summed E-state index contributed by atoms with van der Waals surface area (Å²) in [6.45, 7) is 5.91. The molecule has 3 nitrogen and oxygen atoms in total. The van der Waals surface area contributed by atoms with Crippen LogP contribution in [-0.4, -0.2) is 43.2 Å². The van der Waals surface area contributed by atoms with Crippen LogP contribution in [0.3, 0.4) is 0 Å². The summed E-state index contributed by atoms with van der Waals surface area (Å²) in [4.78, 5) is 2.58. The molecule has 0 spiro atoms. The van der Waals surface area contributed by atoms with Gasteiger partial charge < -0.3 is 10.6 Å². The van der Waals surface area contributed by atoms with Gasteiger partial charge in [-0.1, -0.05) is 30.3 Å². The zero-order chi connectivity index (χ0) is 12.9. The van der Waals surface area contributed by atoms with E-state index in [1.165, 1.54) is 44.5 Å². The van der Waals surface area contributed by atoms with Crippen LogP contribution in [0, 0.1) is 0 Å². The molecule has 104 valence electrons. The number of hydrogen-bond donors (Lipinski definition) is 2. The smallest absolute Gasteiger partial charge is 0.0233 e. The average molecular weight is 259 g/mol. The summed E-state index contributed by atoms with van der Waals surface area (Å²) in [5.74, 6) is 0. The molecule has 19 heavy (non-hydrogen) atoms. The number of rotatable bonds is 4. The Morgan fingerprint density at radius 1 is 1.05 bits per heavy atom. The van der Waals surface area contributed by atoms with Crippen molar-refractivity contribution in [1.29, 1.82) is 0 Å². The summed E-state index contributed by atoms with van der Waals surface area (Å²) in [6, 6.07) is 12.3. The zero-order valence-corrected chi connectivity index (χ0v) is 11.6. The van der Waals surface area contributed by atoms with E-state index in [9.17, 15) is 0 Å². The Balaban J connectivity index is 1.41. The van der Waals surface area contributed by atoms with Crippen molar-refractivity contribution in [3.05, 3.63) is 35.9 Å². The number of nitrogens with zero attached hydrogens (tertiary/aromatic N) is 1. The molecule has 0 aliphatic carbocycles. The lowest BCUT2D eigenvalue weighted by Crippen LogP contribution is -2.46. The van der Waals surface area contributed by atoms with E-state index in [1.807, 2.05) is 0 Å². The van der Waals surface area contributed by atoms with Crippen molar-refractivity contribution < 1.29 is 0 Å². The average Bonchev–Trinajstić information content (AvgIpc) is 2.95. The number of piperidine rings is 1. The van der Waals surface area contributed by atoms with Crippen LogP contribution < -0.4 is 10.6 Å². The Morgan fingerprint density at radius 2 is 1.84 bits per heavy atom. The highest BCUT2D eigenvalue weighted by atomic mass is 15.1. The quantitative estimate of drug-likeness (QED) is 0.860. The van der Waals surface area contributed by atoms with Crippen molar-refractivity contribution in [1.82, 2.24) is 15.5 Å². The van der Waals surface area contributed by atoms with Crippen LogP contribution in [0.2, 0.25) is 0 Å². The van der Waals surface area contributed by atoms with Crippen LogP contribution in [0.1, 0.15) is 24.8 Å². The molecule has 2 heterocycles. The lowest BCUT2D eigenvalue weighted by molar-refractivity contribution is 0.185. The molecule has 0 radical (unpaired) electrons. The molecule has 1 aromatic rings. The molecule has 3 rings (SSSR count). The Labute approximate surface area is 116 Å². The fourth-order valence-electron chi connectivity index (χ4n) is 3.23. The molecule has 1 unspecified atom stereocenters. The number of benzene rings is 1. The summed E-state index contributed by atoms with van der Waals surface area (Å²) in [7, 11) is 0. The van der Waals surface area contributed by atoms with Gasteiger partial charge in [0.1, 0.15) is 0 Å². The SMILES string of the molecule is c1ccc(CN2CCC(NC3CCNC3)CC2)cc1. The van der Waals surface area contributed by atoms with Crippen molar-refractivity contribution >= 4 is 0 Å². The normalized spacial score (nSPS) is 25.8. The molecular formula is C16H25N3. The first kappa shape index (κ1) is 13.1. The maximum absolute atomic E-state index is 3.81. The number of likely N-dealkylation sites (tertiary alicyclic amines) is 1. The first-order chi connectivity index (χ1) is 9.40. The fraction of sp³-hybridized carbons (Fsp3) is 0.625. The molecule has 3 heteroatoms. The van der Waals surface area contributed by atoms with Gasteiger partial charge in [0, 0.05) is 25.2 Å². The summed E-state index contributed by atoms with van der Waals surface area (Å²) < 4.78 is 0. The molecule has 1 aromatic carbocycles. The Hall–Kier alpha value is -0.900. The van der Waals surface area contributed by atoms with Gasteiger partial charge >= 0.3 is 0 Å². The summed E-state index contributed by atoms with van der Waals surface area (Å²) in [5, 5.41) is 7.24. The van der Waals surface area contributed by atoms with E-state index in [2.05, 4.69) is 45.9 Å². The maximum atomic E-state index is 3.81. The molecule has 2 aliphatic rings. The minimum absolute atomic E-state index is 0.714. The van der Waals surface area contributed by atoms with Crippen LogP contribution >= 0.6 is 0 Å². The predicted molar refractivity (Wildman–Crippen MR) is 79.2 cm³/mol. The third kappa shape index (κ3) is 3.78. The van der Waals surface area contributed by atoms with E-state index >= 15 is 0 Å². The van der Waals surface area contributed by atoms with E-state index < -0.39 is 0 Å². The lowest BCUT2D eigenvalue weighted by Gasteiger charge is -2.33. The first-order valence-electron chi connectivity index (χ1n) is 7.63. The molecule has 0 amide bonds. The molecule has 1 atom stereocenters. The molecule has 2 fully saturated rings. The van der Waals surface area contributed by atoms with Gasteiger partial charge in [-0.3, -0.25) is 4.90 Å². The van der Waals surface area contributed by atoms with Crippen molar-refractivity contribution in [3.63, 3.8) is 0 Å². The molecule has 0 saturated carbocycles. The summed E-state index contributed by atoms with van der Waals surface area (Å²) >= 11 is 0. The van der Waals surface area contributed by atoms with Crippen molar-refractivity contribution in [2.24, 2.45) is 0 Å². The fourth-order valence-corrected chi connectivity index (χ4v) is 3.23. The van der Waals surface area contributed by atoms with Gasteiger partial charge in [0.15, 0.2) is 0 Å². The van der Waals surface area contributed by atoms with Crippen LogP contribution in [0.15, 0.2) is 30.3 Å². The lowest BCUT2D eigenvalue weighted by atomic mass is 10.0. The predicted octanol–water partition coefficient (Wildman–Crippen LogP) is 1.60. The van der Waals surface area contributed by atoms with Crippen molar-refractivity contribution in [2.45, 2.75) is 37.9 Å². The van der Waals surface area contributed by atoms with Gasteiger partial charge in [-0.15, -0.1) is 0 Å². The standard InChI is InChI=1S/C16H25N3/c1-2-4-14(5-3-1)13-19-10-7-15(8-11-19)18-16-6-9-17-12-16/h1-5,15-18H,6-13H2. The van der Waals surface area contributed by atoms with Crippen LogP contribution in [-0.2, 0) is 6.54 Å². The van der Waals surface area contributed by atoms with Crippen molar-refractivity contribution in [3.8, 4) is 0 Å². The van der Waals surface area contributed by atoms with Crippen molar-refractivity contribution in [2.75, 3.05) is 26.2 Å². The minimum Gasteiger partial charge on any atom is -0.315 e. The van der Waals surface area contributed by atoms with E-state index in [4.69, 9.17) is 0 Å². The highest BCUT2D eigenvalue weighted by Crippen LogP contribution is 2.15. The van der Waals surface area contributed by atoms with Gasteiger partial charge in [0.05, 0.1) is 0 Å². The minimum atomic E-state index is 0.714. The first-order valence-corrected chi connectivity index (χ1v) is 7.63. The van der Waals surface area contributed by atoms with Crippen LogP contribution in [0.25, 0.3) is 0 Å².